The van der Waals surface area contributed by atoms with Gasteiger partial charge in [-0.1, -0.05) is 0 Å². The Morgan fingerprint density at radius 2 is 2.26 bits per heavy atom. The third-order valence-corrected chi connectivity index (χ3v) is 2.53. The summed E-state index contributed by atoms with van der Waals surface area (Å²) in [6.07, 6.45) is 0.629. The fraction of sp³-hybridized carbons (Fsp3) is 0.250. The lowest BCUT2D eigenvalue weighted by atomic mass is 10.2. The van der Waals surface area contributed by atoms with Crippen LogP contribution < -0.4 is 0 Å². The van der Waals surface area contributed by atoms with E-state index in [1.807, 2.05) is 0 Å². The predicted octanol–water partition coefficient (Wildman–Crippen LogP) is 1.25. The summed E-state index contributed by atoms with van der Waals surface area (Å²) in [5.74, 6) is -1.47. The minimum absolute atomic E-state index is 0.158. The summed E-state index contributed by atoms with van der Waals surface area (Å²) in [7, 11) is 1.18. The fourth-order valence-electron chi connectivity index (χ4n) is 1.49. The second kappa shape index (κ2) is 5.15. The molecule has 1 aromatic heterocycles. The van der Waals surface area contributed by atoms with Crippen molar-refractivity contribution < 1.29 is 19.0 Å². The lowest BCUT2D eigenvalue weighted by Crippen LogP contribution is -2.07. The smallest absolute Gasteiger partial charge is 0.340 e. The number of carbonyl (C=O) groups is 1. The Balaban J connectivity index is 2.35. The van der Waals surface area contributed by atoms with E-state index in [-0.39, 0.29) is 5.56 Å². The Morgan fingerprint density at radius 1 is 1.53 bits per heavy atom. The monoisotopic (exact) mass is 265 g/mol. The quantitative estimate of drug-likeness (QED) is 0.845. The number of methoxy groups -OCH3 is 1. The third kappa shape index (κ3) is 2.60. The molecule has 2 aromatic rings. The topological polar surface area (TPSA) is 77.2 Å². The number of halogens is 1. The van der Waals surface area contributed by atoms with Crippen molar-refractivity contribution in [2.24, 2.45) is 0 Å². The summed E-state index contributed by atoms with van der Waals surface area (Å²) in [5.41, 5.74) is 0.559. The van der Waals surface area contributed by atoms with Gasteiger partial charge in [-0.15, -0.1) is 0 Å². The van der Waals surface area contributed by atoms with E-state index in [9.17, 15) is 14.3 Å². The van der Waals surface area contributed by atoms with Gasteiger partial charge in [0.05, 0.1) is 30.7 Å². The summed E-state index contributed by atoms with van der Waals surface area (Å²) in [6.45, 7) is 1.55. The van der Waals surface area contributed by atoms with Crippen LogP contribution in [0.1, 0.15) is 29.1 Å². The number of hydrogen-bond acceptors (Lipinski definition) is 5. The third-order valence-electron chi connectivity index (χ3n) is 2.53. The van der Waals surface area contributed by atoms with Crippen molar-refractivity contribution in [1.29, 1.82) is 0 Å². The Labute approximate surface area is 108 Å². The van der Waals surface area contributed by atoms with Gasteiger partial charge in [-0.2, -0.15) is 15.0 Å². The average molecular weight is 265 g/mol. The standard InChI is InChI=1S/C12H12FN3O3/c1-7(17)11-6-14-16(15-11)8-3-4-9(10(13)5-8)12(18)19-2/h3-7,17H,1-2H3. The Morgan fingerprint density at radius 3 is 2.79 bits per heavy atom. The van der Waals surface area contributed by atoms with Gasteiger partial charge in [-0.25, -0.2) is 9.18 Å². The van der Waals surface area contributed by atoms with Crippen molar-refractivity contribution in [2.75, 3.05) is 7.11 Å². The largest absolute Gasteiger partial charge is 0.465 e. The molecule has 0 saturated carbocycles. The molecule has 1 heterocycles. The van der Waals surface area contributed by atoms with Crippen LogP contribution in [-0.2, 0) is 4.74 Å². The SMILES string of the molecule is COC(=O)c1ccc(-n2ncc(C(C)O)n2)cc1F. The minimum Gasteiger partial charge on any atom is -0.465 e. The molecule has 0 fully saturated rings. The molecule has 2 rings (SSSR count). The molecule has 19 heavy (non-hydrogen) atoms. The zero-order chi connectivity index (χ0) is 14.0. The van der Waals surface area contributed by atoms with E-state index in [1.54, 1.807) is 6.92 Å². The lowest BCUT2D eigenvalue weighted by Gasteiger charge is -2.04. The van der Waals surface area contributed by atoms with Gasteiger partial charge in [0.25, 0.3) is 0 Å². The first-order valence-corrected chi connectivity index (χ1v) is 5.51. The molecule has 0 spiro atoms. The van der Waals surface area contributed by atoms with Crippen LogP contribution in [0.4, 0.5) is 4.39 Å². The van der Waals surface area contributed by atoms with Crippen molar-refractivity contribution >= 4 is 5.97 Å². The number of carbonyl (C=O) groups excluding carboxylic acids is 1. The molecule has 1 atom stereocenters. The number of ether oxygens (including phenoxy) is 1. The van der Waals surface area contributed by atoms with Crippen LogP contribution in [0.2, 0.25) is 0 Å². The number of benzene rings is 1. The molecular formula is C12H12FN3O3. The molecule has 0 radical (unpaired) electrons. The van der Waals surface area contributed by atoms with Gasteiger partial charge in [0.15, 0.2) is 0 Å². The maximum absolute atomic E-state index is 13.7. The van der Waals surface area contributed by atoms with Crippen molar-refractivity contribution in [2.45, 2.75) is 13.0 Å². The number of esters is 1. The van der Waals surface area contributed by atoms with Gasteiger partial charge in [0, 0.05) is 6.07 Å². The Hall–Kier alpha value is -2.28. The summed E-state index contributed by atoms with van der Waals surface area (Å²) in [4.78, 5) is 12.4. The Kier molecular flexibility index (Phi) is 3.57. The summed E-state index contributed by atoms with van der Waals surface area (Å²) >= 11 is 0. The van der Waals surface area contributed by atoms with E-state index >= 15 is 0 Å². The normalized spacial score (nSPS) is 12.2. The average Bonchev–Trinajstić information content (AvgIpc) is 2.87. The molecule has 7 heteroatoms. The van der Waals surface area contributed by atoms with E-state index in [0.29, 0.717) is 11.4 Å². The number of aliphatic hydroxyl groups is 1. The van der Waals surface area contributed by atoms with E-state index in [0.717, 1.165) is 6.07 Å². The van der Waals surface area contributed by atoms with Crippen molar-refractivity contribution in [3.05, 3.63) is 41.5 Å². The highest BCUT2D eigenvalue weighted by atomic mass is 19.1. The molecule has 0 amide bonds. The highest BCUT2D eigenvalue weighted by molar-refractivity contribution is 5.89. The van der Waals surface area contributed by atoms with Gasteiger partial charge in [-0.05, 0) is 19.1 Å². The van der Waals surface area contributed by atoms with Gasteiger partial charge in [0.1, 0.15) is 11.5 Å². The van der Waals surface area contributed by atoms with Crippen molar-refractivity contribution in [3.63, 3.8) is 0 Å². The van der Waals surface area contributed by atoms with Crippen LogP contribution in [0.3, 0.4) is 0 Å². The highest BCUT2D eigenvalue weighted by Crippen LogP contribution is 2.15. The number of rotatable bonds is 3. The van der Waals surface area contributed by atoms with E-state index in [1.165, 1.54) is 30.2 Å². The summed E-state index contributed by atoms with van der Waals surface area (Å²) in [6, 6.07) is 3.90. The zero-order valence-corrected chi connectivity index (χ0v) is 10.4. The van der Waals surface area contributed by atoms with E-state index in [4.69, 9.17) is 0 Å². The van der Waals surface area contributed by atoms with Crippen LogP contribution in [0.25, 0.3) is 5.69 Å². The van der Waals surface area contributed by atoms with Crippen LogP contribution in [-0.4, -0.2) is 33.2 Å². The maximum Gasteiger partial charge on any atom is 0.340 e. The molecule has 0 saturated heterocycles. The lowest BCUT2D eigenvalue weighted by molar-refractivity contribution is 0.0595. The van der Waals surface area contributed by atoms with Crippen LogP contribution in [0.15, 0.2) is 24.4 Å². The van der Waals surface area contributed by atoms with Gasteiger partial charge in [0.2, 0.25) is 0 Å². The Bertz CT molecular complexity index is 610. The first-order chi connectivity index (χ1) is 9.02. The number of nitrogens with zero attached hydrogens (tertiary/aromatic N) is 3. The van der Waals surface area contributed by atoms with Crippen LogP contribution in [0.5, 0.6) is 0 Å². The van der Waals surface area contributed by atoms with Crippen molar-refractivity contribution in [1.82, 2.24) is 15.0 Å². The van der Waals surface area contributed by atoms with Gasteiger partial charge < -0.3 is 9.84 Å². The summed E-state index contributed by atoms with van der Waals surface area (Å²) < 4.78 is 18.2. The molecule has 6 nitrogen and oxygen atoms in total. The zero-order valence-electron chi connectivity index (χ0n) is 10.4. The molecule has 1 N–H and O–H groups in total. The van der Waals surface area contributed by atoms with Gasteiger partial charge >= 0.3 is 5.97 Å². The second-order valence-corrected chi connectivity index (χ2v) is 3.89. The first kappa shape index (κ1) is 13.2. The molecule has 0 aliphatic rings. The number of aliphatic hydroxyl groups excluding tert-OH is 1. The fourth-order valence-corrected chi connectivity index (χ4v) is 1.49. The molecule has 0 bridgehead atoms. The molecular weight excluding hydrogens is 253 g/mol. The summed E-state index contributed by atoms with van der Waals surface area (Å²) in [5, 5.41) is 17.2. The van der Waals surface area contributed by atoms with Gasteiger partial charge in [-0.3, -0.25) is 0 Å². The number of aromatic nitrogens is 3. The van der Waals surface area contributed by atoms with E-state index < -0.39 is 17.9 Å². The predicted molar refractivity (Wildman–Crippen MR) is 63.3 cm³/mol. The first-order valence-electron chi connectivity index (χ1n) is 5.51. The molecule has 0 aliphatic heterocycles. The highest BCUT2D eigenvalue weighted by Gasteiger charge is 2.14. The van der Waals surface area contributed by atoms with E-state index in [2.05, 4.69) is 14.9 Å². The molecule has 1 unspecified atom stereocenters. The van der Waals surface area contributed by atoms with Crippen LogP contribution in [0, 0.1) is 5.82 Å². The van der Waals surface area contributed by atoms with Crippen molar-refractivity contribution in [3.8, 4) is 5.69 Å². The maximum atomic E-state index is 13.7. The second-order valence-electron chi connectivity index (χ2n) is 3.89. The molecule has 1 aromatic carbocycles. The van der Waals surface area contributed by atoms with Crippen LogP contribution >= 0.6 is 0 Å². The minimum atomic E-state index is -0.757. The number of hydrogen-bond donors (Lipinski definition) is 1. The molecule has 0 aliphatic carbocycles. The molecule has 100 valence electrons.